The maximum Gasteiger partial charge on any atom is 0.0985 e. The number of nitrogens with one attached hydrogen (secondary N) is 1. The summed E-state index contributed by atoms with van der Waals surface area (Å²) < 4.78 is 0. The van der Waals surface area contributed by atoms with E-state index < -0.39 is 0 Å². The van der Waals surface area contributed by atoms with Crippen molar-refractivity contribution in [1.82, 2.24) is 10.3 Å². The molecule has 1 heterocycles. The van der Waals surface area contributed by atoms with Gasteiger partial charge in [0.1, 0.15) is 0 Å². The van der Waals surface area contributed by atoms with Gasteiger partial charge in [-0.1, -0.05) is 20.8 Å². The van der Waals surface area contributed by atoms with Gasteiger partial charge in [0.25, 0.3) is 0 Å². The van der Waals surface area contributed by atoms with Crippen LogP contribution in [0.15, 0.2) is 0 Å². The Morgan fingerprint density at radius 3 is 2.32 bits per heavy atom. The van der Waals surface area contributed by atoms with Crippen molar-refractivity contribution in [3.8, 4) is 6.07 Å². The second kappa shape index (κ2) is 5.60. The molecule has 0 aliphatic rings. The minimum Gasteiger partial charge on any atom is -0.308 e. The number of aryl methyl sites for hydroxylation is 1. The maximum atomic E-state index is 9.04. The van der Waals surface area contributed by atoms with Crippen LogP contribution in [0.2, 0.25) is 0 Å². The number of hydrogen-bond acceptors (Lipinski definition) is 4. The molecule has 1 N–H and O–H groups in total. The summed E-state index contributed by atoms with van der Waals surface area (Å²) >= 11 is 1.78. The molecule has 19 heavy (non-hydrogen) atoms. The van der Waals surface area contributed by atoms with Crippen LogP contribution in [0.4, 0.5) is 0 Å². The van der Waals surface area contributed by atoms with Gasteiger partial charge in [-0.05, 0) is 27.7 Å². The first-order valence-electron chi connectivity index (χ1n) is 6.69. The minimum absolute atomic E-state index is 0.0965. The molecule has 1 rings (SSSR count). The Morgan fingerprint density at radius 1 is 1.32 bits per heavy atom. The van der Waals surface area contributed by atoms with E-state index >= 15 is 0 Å². The summed E-state index contributed by atoms with van der Waals surface area (Å²) in [4.78, 5) is 5.96. The van der Waals surface area contributed by atoms with Crippen LogP contribution in [0.3, 0.4) is 0 Å². The molecule has 1 unspecified atom stereocenters. The molecule has 0 saturated heterocycles. The van der Waals surface area contributed by atoms with Gasteiger partial charge < -0.3 is 5.32 Å². The van der Waals surface area contributed by atoms with E-state index in [4.69, 9.17) is 5.26 Å². The van der Waals surface area contributed by atoms with Crippen LogP contribution in [0.25, 0.3) is 0 Å². The lowest BCUT2D eigenvalue weighted by molar-refractivity contribution is 0.416. The van der Waals surface area contributed by atoms with Gasteiger partial charge in [0.05, 0.1) is 22.2 Å². The van der Waals surface area contributed by atoms with Gasteiger partial charge in [-0.2, -0.15) is 5.26 Å². The van der Waals surface area contributed by atoms with E-state index in [-0.39, 0.29) is 16.9 Å². The van der Waals surface area contributed by atoms with E-state index in [9.17, 15) is 0 Å². The molecule has 0 radical (unpaired) electrons. The van der Waals surface area contributed by atoms with E-state index in [2.05, 4.69) is 51.0 Å². The van der Waals surface area contributed by atoms with Crippen molar-refractivity contribution in [2.45, 2.75) is 59.9 Å². The lowest BCUT2D eigenvalue weighted by Crippen LogP contribution is -2.30. The number of nitrogens with zero attached hydrogens (tertiary/aromatic N) is 2. The van der Waals surface area contributed by atoms with E-state index in [0.29, 0.717) is 6.54 Å². The van der Waals surface area contributed by atoms with Gasteiger partial charge in [0, 0.05) is 22.9 Å². The predicted octanol–water partition coefficient (Wildman–Crippen LogP) is 3.95. The van der Waals surface area contributed by atoms with Crippen molar-refractivity contribution in [2.75, 3.05) is 6.54 Å². The van der Waals surface area contributed by atoms with Gasteiger partial charge in [-0.15, -0.1) is 11.3 Å². The molecule has 0 amide bonds. The molecule has 0 aromatic carbocycles. The first-order chi connectivity index (χ1) is 8.57. The molecule has 106 valence electrons. The van der Waals surface area contributed by atoms with Crippen LogP contribution in [-0.4, -0.2) is 11.5 Å². The van der Waals surface area contributed by atoms with E-state index in [1.54, 1.807) is 11.3 Å². The molecule has 3 nitrogen and oxygen atoms in total. The lowest BCUT2D eigenvalue weighted by Gasteiger charge is -2.20. The Bertz CT molecular complexity index is 475. The van der Waals surface area contributed by atoms with Gasteiger partial charge in [-0.25, -0.2) is 4.98 Å². The number of aromatic nitrogens is 1. The predicted molar refractivity (Wildman–Crippen MR) is 81.4 cm³/mol. The first kappa shape index (κ1) is 16.1. The normalized spacial score (nSPS) is 14.2. The molecule has 4 heteroatoms. The molecule has 0 saturated carbocycles. The molecule has 1 atom stereocenters. The van der Waals surface area contributed by atoms with Crippen LogP contribution in [-0.2, 0) is 5.41 Å². The number of thiazole rings is 1. The number of rotatable bonds is 4. The highest BCUT2D eigenvalue weighted by atomic mass is 32.1. The molecule has 0 aliphatic carbocycles. The average molecular weight is 279 g/mol. The zero-order valence-corrected chi connectivity index (χ0v) is 13.9. The van der Waals surface area contributed by atoms with Gasteiger partial charge >= 0.3 is 0 Å². The van der Waals surface area contributed by atoms with Gasteiger partial charge in [-0.3, -0.25) is 0 Å². The summed E-state index contributed by atoms with van der Waals surface area (Å²) in [6, 6.07) is 2.55. The molecule has 1 aromatic heterocycles. The molecule has 0 bridgehead atoms. The largest absolute Gasteiger partial charge is 0.308 e. The topological polar surface area (TPSA) is 48.7 Å². The molecular weight excluding hydrogens is 254 g/mol. The van der Waals surface area contributed by atoms with Crippen molar-refractivity contribution in [1.29, 1.82) is 5.26 Å². The number of nitriles is 1. The second-order valence-corrected chi connectivity index (χ2v) is 7.85. The Balaban J connectivity index is 2.81. The SMILES string of the molecule is Cc1nc(C(C)(C)C)sc1C(C)NCC(C)(C)C#N. The first-order valence-corrected chi connectivity index (χ1v) is 7.51. The third-order valence-electron chi connectivity index (χ3n) is 3.02. The highest BCUT2D eigenvalue weighted by molar-refractivity contribution is 7.12. The Labute approximate surface area is 121 Å². The highest BCUT2D eigenvalue weighted by Gasteiger charge is 2.23. The van der Waals surface area contributed by atoms with Crippen LogP contribution in [0.5, 0.6) is 0 Å². The summed E-state index contributed by atoms with van der Waals surface area (Å²) in [6.07, 6.45) is 0. The molecule has 1 aromatic rings. The van der Waals surface area contributed by atoms with Crippen molar-refractivity contribution in [3.05, 3.63) is 15.6 Å². The maximum absolute atomic E-state index is 9.04. The minimum atomic E-state index is -0.334. The van der Waals surface area contributed by atoms with Crippen molar-refractivity contribution in [3.63, 3.8) is 0 Å². The lowest BCUT2D eigenvalue weighted by atomic mass is 9.95. The fourth-order valence-corrected chi connectivity index (χ4v) is 2.82. The van der Waals surface area contributed by atoms with Crippen LogP contribution in [0.1, 0.15) is 63.2 Å². The summed E-state index contributed by atoms with van der Waals surface area (Å²) in [7, 11) is 0. The van der Waals surface area contributed by atoms with Gasteiger partial charge in [0.2, 0.25) is 0 Å². The fraction of sp³-hybridized carbons (Fsp3) is 0.733. The van der Waals surface area contributed by atoms with Crippen LogP contribution < -0.4 is 5.32 Å². The summed E-state index contributed by atoms with van der Waals surface area (Å²) in [5.74, 6) is 0. The average Bonchev–Trinajstić information content (AvgIpc) is 2.68. The zero-order valence-electron chi connectivity index (χ0n) is 13.1. The van der Waals surface area contributed by atoms with E-state index in [1.165, 1.54) is 9.88 Å². The molecule has 0 spiro atoms. The van der Waals surface area contributed by atoms with Gasteiger partial charge in [0.15, 0.2) is 0 Å². The van der Waals surface area contributed by atoms with Crippen LogP contribution >= 0.6 is 11.3 Å². The van der Waals surface area contributed by atoms with E-state index in [1.807, 2.05) is 13.8 Å². The third-order valence-corrected chi connectivity index (χ3v) is 4.79. The molecule has 0 fully saturated rings. The van der Waals surface area contributed by atoms with Crippen molar-refractivity contribution >= 4 is 11.3 Å². The fourth-order valence-electron chi connectivity index (χ4n) is 1.67. The third kappa shape index (κ3) is 4.29. The Hall–Kier alpha value is -0.920. The molecular formula is C15H25N3S. The second-order valence-electron chi connectivity index (χ2n) is 6.82. The highest BCUT2D eigenvalue weighted by Crippen LogP contribution is 2.32. The van der Waals surface area contributed by atoms with E-state index in [0.717, 1.165) is 5.69 Å². The standard InChI is InChI=1S/C15H25N3S/c1-10(17-9-15(6,7)8-16)12-11(2)18-13(19-12)14(3,4)5/h10,17H,9H2,1-7H3. The summed E-state index contributed by atoms with van der Waals surface area (Å²) in [5.41, 5.74) is 0.864. The van der Waals surface area contributed by atoms with Crippen molar-refractivity contribution < 1.29 is 0 Å². The Morgan fingerprint density at radius 2 is 1.89 bits per heavy atom. The summed E-state index contributed by atoms with van der Waals surface area (Å²) in [6.45, 7) is 15.4. The van der Waals surface area contributed by atoms with Crippen LogP contribution in [0, 0.1) is 23.7 Å². The smallest absolute Gasteiger partial charge is 0.0985 e. The number of hydrogen-bond donors (Lipinski definition) is 1. The quantitative estimate of drug-likeness (QED) is 0.908. The van der Waals surface area contributed by atoms with Crippen molar-refractivity contribution in [2.24, 2.45) is 5.41 Å². The Kier molecular flexibility index (Phi) is 4.76. The summed E-state index contributed by atoms with van der Waals surface area (Å²) in [5, 5.41) is 13.7. The monoisotopic (exact) mass is 279 g/mol. The molecule has 0 aliphatic heterocycles. The zero-order chi connectivity index (χ0) is 14.8.